The molecule has 0 aliphatic carbocycles. The van der Waals surface area contributed by atoms with Crippen LogP contribution in [0, 0.1) is 0 Å². The van der Waals surface area contributed by atoms with Crippen molar-refractivity contribution in [1.29, 1.82) is 0 Å². The van der Waals surface area contributed by atoms with Crippen molar-refractivity contribution in [2.45, 2.75) is 51.3 Å². The summed E-state index contributed by atoms with van der Waals surface area (Å²) in [5, 5.41) is 2.75. The molecular formula is C16H25N3O2S. The summed E-state index contributed by atoms with van der Waals surface area (Å²) in [4.78, 5) is 21.9. The molecule has 0 unspecified atom stereocenters. The van der Waals surface area contributed by atoms with Crippen molar-refractivity contribution >= 4 is 17.2 Å². The van der Waals surface area contributed by atoms with Gasteiger partial charge >= 0.3 is 0 Å². The molecule has 0 bridgehead atoms. The summed E-state index contributed by atoms with van der Waals surface area (Å²) in [5.74, 6) is 0.101. The Morgan fingerprint density at radius 3 is 2.91 bits per heavy atom. The Balaban J connectivity index is 1.73. The van der Waals surface area contributed by atoms with Crippen LogP contribution in [0.15, 0.2) is 5.38 Å². The topological polar surface area (TPSA) is 45.7 Å². The Bertz CT molecular complexity index is 519. The Hall–Kier alpha value is -0.980. The highest BCUT2D eigenvalue weighted by Crippen LogP contribution is 2.31. The number of amides is 1. The minimum Gasteiger partial charge on any atom is -0.378 e. The van der Waals surface area contributed by atoms with Gasteiger partial charge in [0.25, 0.3) is 5.91 Å². The van der Waals surface area contributed by atoms with Gasteiger partial charge in [-0.2, -0.15) is 0 Å². The van der Waals surface area contributed by atoms with Crippen LogP contribution in [0.4, 0.5) is 0 Å². The Labute approximate surface area is 136 Å². The van der Waals surface area contributed by atoms with Gasteiger partial charge in [-0.25, -0.2) is 4.98 Å². The molecule has 1 aromatic heterocycles. The molecule has 6 heteroatoms. The van der Waals surface area contributed by atoms with Crippen molar-refractivity contribution in [1.82, 2.24) is 14.8 Å². The Kier molecular flexibility index (Phi) is 5.10. The molecule has 3 heterocycles. The highest BCUT2D eigenvalue weighted by atomic mass is 32.1. The second-order valence-corrected chi connectivity index (χ2v) is 7.05. The molecule has 2 fully saturated rings. The maximum Gasteiger partial charge on any atom is 0.273 e. The van der Waals surface area contributed by atoms with Crippen molar-refractivity contribution in [3.05, 3.63) is 16.1 Å². The van der Waals surface area contributed by atoms with Crippen LogP contribution in [-0.2, 0) is 11.3 Å². The van der Waals surface area contributed by atoms with Crippen LogP contribution in [0.5, 0.6) is 0 Å². The molecule has 2 aliphatic rings. The molecule has 5 nitrogen and oxygen atoms in total. The number of likely N-dealkylation sites (tertiary alicyclic amines) is 2. The van der Waals surface area contributed by atoms with Gasteiger partial charge in [0.15, 0.2) is 0 Å². The number of nitrogens with zero attached hydrogens (tertiary/aromatic N) is 3. The number of likely N-dealkylation sites (N-methyl/N-ethyl adjacent to an activating group) is 1. The van der Waals surface area contributed by atoms with E-state index in [-0.39, 0.29) is 5.91 Å². The second-order valence-electron chi connectivity index (χ2n) is 6.11. The Morgan fingerprint density at radius 2 is 2.14 bits per heavy atom. The molecule has 1 amide bonds. The summed E-state index contributed by atoms with van der Waals surface area (Å²) >= 11 is 1.51. The van der Waals surface area contributed by atoms with E-state index in [0.29, 0.717) is 24.4 Å². The summed E-state index contributed by atoms with van der Waals surface area (Å²) in [5.41, 5.74) is 0.588. The first-order chi connectivity index (χ1) is 10.7. The molecule has 3 rings (SSSR count). The maximum atomic E-state index is 12.8. The maximum absolute atomic E-state index is 12.8. The number of methoxy groups -OCH3 is 1. The second kappa shape index (κ2) is 7.06. The average molecular weight is 323 g/mol. The standard InChI is InChI=1S/C16H25N3O2S/c1-3-18-8-4-6-13(18)14-7-5-9-19(14)16(20)12-11-22-15(17-12)10-21-2/h11,13-14H,3-10H2,1-2H3/t13-,14-/m1/s1. The zero-order valence-electron chi connectivity index (χ0n) is 13.5. The summed E-state index contributed by atoms with van der Waals surface area (Å²) in [6, 6.07) is 0.899. The van der Waals surface area contributed by atoms with Gasteiger partial charge in [0.05, 0.1) is 6.61 Å². The third-order valence-corrected chi connectivity index (χ3v) is 5.69. The van der Waals surface area contributed by atoms with E-state index in [2.05, 4.69) is 21.7 Å². The van der Waals surface area contributed by atoms with Crippen molar-refractivity contribution < 1.29 is 9.53 Å². The average Bonchev–Trinajstić information content (AvgIpc) is 3.25. The lowest BCUT2D eigenvalue weighted by atomic mass is 10.0. The van der Waals surface area contributed by atoms with Gasteiger partial charge < -0.3 is 9.64 Å². The van der Waals surface area contributed by atoms with E-state index >= 15 is 0 Å². The van der Waals surface area contributed by atoms with Crippen LogP contribution in [0.1, 0.15) is 48.1 Å². The summed E-state index contributed by atoms with van der Waals surface area (Å²) in [6.45, 7) is 5.82. The molecule has 0 saturated carbocycles. The number of rotatable bonds is 5. The number of carbonyl (C=O) groups is 1. The van der Waals surface area contributed by atoms with Crippen LogP contribution in [0.3, 0.4) is 0 Å². The number of ether oxygens (including phenoxy) is 1. The third kappa shape index (κ3) is 3.05. The fourth-order valence-electron chi connectivity index (χ4n) is 3.87. The van der Waals surface area contributed by atoms with Gasteiger partial charge in [-0.05, 0) is 38.8 Å². The van der Waals surface area contributed by atoms with Crippen LogP contribution in [0.2, 0.25) is 0 Å². The normalized spacial score (nSPS) is 26.0. The first-order valence-corrected chi connectivity index (χ1v) is 9.11. The van der Waals surface area contributed by atoms with E-state index in [1.165, 1.54) is 30.7 Å². The molecule has 2 atom stereocenters. The van der Waals surface area contributed by atoms with Crippen molar-refractivity contribution in [2.75, 3.05) is 26.7 Å². The minimum atomic E-state index is 0.101. The van der Waals surface area contributed by atoms with E-state index in [4.69, 9.17) is 4.74 Å². The molecular weight excluding hydrogens is 298 g/mol. The molecule has 22 heavy (non-hydrogen) atoms. The van der Waals surface area contributed by atoms with Gasteiger partial charge in [-0.1, -0.05) is 6.92 Å². The monoisotopic (exact) mass is 323 g/mol. The van der Waals surface area contributed by atoms with E-state index < -0.39 is 0 Å². The number of hydrogen-bond acceptors (Lipinski definition) is 5. The predicted octanol–water partition coefficient (Wildman–Crippen LogP) is 2.38. The van der Waals surface area contributed by atoms with E-state index in [1.807, 2.05) is 5.38 Å². The minimum absolute atomic E-state index is 0.101. The Morgan fingerprint density at radius 1 is 1.36 bits per heavy atom. The van der Waals surface area contributed by atoms with Gasteiger partial charge in [0, 0.05) is 31.1 Å². The van der Waals surface area contributed by atoms with Crippen LogP contribution in [0.25, 0.3) is 0 Å². The SMILES string of the molecule is CCN1CCC[C@@H]1[C@H]1CCCN1C(=O)c1csc(COC)n1. The highest BCUT2D eigenvalue weighted by Gasteiger charge is 2.39. The zero-order valence-corrected chi connectivity index (χ0v) is 14.3. The third-order valence-electron chi connectivity index (χ3n) is 4.86. The van der Waals surface area contributed by atoms with Crippen LogP contribution in [-0.4, -0.2) is 59.5 Å². The zero-order chi connectivity index (χ0) is 15.5. The summed E-state index contributed by atoms with van der Waals surface area (Å²) < 4.78 is 5.09. The predicted molar refractivity (Wildman–Crippen MR) is 87.2 cm³/mol. The smallest absolute Gasteiger partial charge is 0.273 e. The largest absolute Gasteiger partial charge is 0.378 e. The molecule has 0 spiro atoms. The molecule has 2 saturated heterocycles. The highest BCUT2D eigenvalue weighted by molar-refractivity contribution is 7.09. The molecule has 0 radical (unpaired) electrons. The first kappa shape index (κ1) is 15.9. The van der Waals surface area contributed by atoms with Crippen molar-refractivity contribution in [2.24, 2.45) is 0 Å². The number of carbonyl (C=O) groups excluding carboxylic acids is 1. The number of hydrogen-bond donors (Lipinski definition) is 0. The van der Waals surface area contributed by atoms with Crippen LogP contribution >= 0.6 is 11.3 Å². The lowest BCUT2D eigenvalue weighted by molar-refractivity contribution is 0.0644. The van der Waals surface area contributed by atoms with Crippen molar-refractivity contribution in [3.8, 4) is 0 Å². The lowest BCUT2D eigenvalue weighted by Crippen LogP contribution is -2.48. The van der Waals surface area contributed by atoms with Crippen LogP contribution < -0.4 is 0 Å². The lowest BCUT2D eigenvalue weighted by Gasteiger charge is -2.34. The molecule has 0 aromatic carbocycles. The molecule has 2 aliphatic heterocycles. The summed E-state index contributed by atoms with van der Waals surface area (Å²) in [6.07, 6.45) is 4.71. The van der Waals surface area contributed by atoms with E-state index in [1.54, 1.807) is 7.11 Å². The van der Waals surface area contributed by atoms with Gasteiger partial charge in [0.1, 0.15) is 10.7 Å². The van der Waals surface area contributed by atoms with E-state index in [9.17, 15) is 4.79 Å². The molecule has 122 valence electrons. The van der Waals surface area contributed by atoms with Crippen molar-refractivity contribution in [3.63, 3.8) is 0 Å². The molecule has 0 N–H and O–H groups in total. The fourth-order valence-corrected chi connectivity index (χ4v) is 4.61. The number of thiazole rings is 1. The van der Waals surface area contributed by atoms with Gasteiger partial charge in [0.2, 0.25) is 0 Å². The van der Waals surface area contributed by atoms with Gasteiger partial charge in [-0.15, -0.1) is 11.3 Å². The number of aromatic nitrogens is 1. The van der Waals surface area contributed by atoms with E-state index in [0.717, 1.165) is 30.9 Å². The van der Waals surface area contributed by atoms with Gasteiger partial charge in [-0.3, -0.25) is 9.69 Å². The summed E-state index contributed by atoms with van der Waals surface area (Å²) in [7, 11) is 1.65. The molecule has 1 aromatic rings. The fraction of sp³-hybridized carbons (Fsp3) is 0.750. The quantitative estimate of drug-likeness (QED) is 0.834. The first-order valence-electron chi connectivity index (χ1n) is 8.23.